The number of anilines is 1. The summed E-state index contributed by atoms with van der Waals surface area (Å²) in [5.41, 5.74) is 0. The van der Waals surface area contributed by atoms with Gasteiger partial charge in [-0.15, -0.1) is 10.2 Å². The van der Waals surface area contributed by atoms with E-state index in [-0.39, 0.29) is 6.03 Å². The van der Waals surface area contributed by atoms with Crippen molar-refractivity contribution in [1.82, 2.24) is 15.5 Å². The second-order valence-electron chi connectivity index (χ2n) is 5.83. The van der Waals surface area contributed by atoms with Crippen LogP contribution in [0.1, 0.15) is 57.8 Å². The normalized spacial score (nSPS) is 20.6. The summed E-state index contributed by atoms with van der Waals surface area (Å²) in [4.78, 5) is 11.9. The zero-order valence-electron chi connectivity index (χ0n) is 12.1. The van der Waals surface area contributed by atoms with Crippen LogP contribution in [0.2, 0.25) is 0 Å². The quantitative estimate of drug-likeness (QED) is 0.820. The third-order valence-electron chi connectivity index (χ3n) is 4.14. The monoisotopic (exact) mass is 326 g/mol. The van der Waals surface area contributed by atoms with Gasteiger partial charge in [-0.3, -0.25) is 5.32 Å². The Bertz CT molecular complexity index is 467. The van der Waals surface area contributed by atoms with E-state index in [9.17, 15) is 4.79 Å². The van der Waals surface area contributed by atoms with E-state index in [1.54, 1.807) is 0 Å². The molecule has 0 bridgehead atoms. The summed E-state index contributed by atoms with van der Waals surface area (Å²) in [6.07, 6.45) is 11.1. The molecule has 1 heterocycles. The lowest BCUT2D eigenvalue weighted by Gasteiger charge is -2.22. The number of nitrogens with zero attached hydrogens (tertiary/aromatic N) is 2. The molecular weight excluding hydrogens is 304 g/mol. The lowest BCUT2D eigenvalue weighted by atomic mass is 9.96. The van der Waals surface area contributed by atoms with Crippen molar-refractivity contribution in [1.29, 1.82) is 0 Å². The number of carbonyl (C=O) groups is 1. The molecule has 0 radical (unpaired) electrons. The van der Waals surface area contributed by atoms with E-state index in [1.807, 2.05) is 11.8 Å². The molecule has 3 rings (SSSR count). The van der Waals surface area contributed by atoms with Gasteiger partial charge in [0, 0.05) is 11.3 Å². The van der Waals surface area contributed by atoms with Gasteiger partial charge in [0.2, 0.25) is 5.13 Å². The van der Waals surface area contributed by atoms with E-state index in [4.69, 9.17) is 0 Å². The Labute approximate surface area is 133 Å². The van der Waals surface area contributed by atoms with Crippen molar-refractivity contribution < 1.29 is 4.79 Å². The largest absolute Gasteiger partial charge is 0.335 e. The number of nitrogens with one attached hydrogen (secondary N) is 2. The van der Waals surface area contributed by atoms with E-state index in [2.05, 4.69) is 20.8 Å². The fourth-order valence-electron chi connectivity index (χ4n) is 3.02. The third-order valence-corrected chi connectivity index (χ3v) is 6.40. The molecule has 0 atom stereocenters. The number of thioether (sulfide) groups is 1. The van der Waals surface area contributed by atoms with Crippen LogP contribution < -0.4 is 10.6 Å². The van der Waals surface area contributed by atoms with Gasteiger partial charge in [0.1, 0.15) is 0 Å². The number of urea groups is 1. The highest BCUT2D eigenvalue weighted by atomic mass is 32.2. The third kappa shape index (κ3) is 4.57. The summed E-state index contributed by atoms with van der Waals surface area (Å²) in [6.45, 7) is 0. The topological polar surface area (TPSA) is 66.9 Å². The highest BCUT2D eigenvalue weighted by molar-refractivity contribution is 8.01. The fraction of sp³-hybridized carbons (Fsp3) is 0.786. The average Bonchev–Trinajstić information content (AvgIpc) is 3.13. The minimum atomic E-state index is -0.143. The zero-order valence-corrected chi connectivity index (χ0v) is 13.8. The fourth-order valence-corrected chi connectivity index (χ4v) is 5.27. The summed E-state index contributed by atoms with van der Waals surface area (Å²) in [6, 6.07) is 0.175. The molecule has 0 unspecified atom stereocenters. The van der Waals surface area contributed by atoms with E-state index >= 15 is 0 Å². The molecule has 2 fully saturated rings. The summed E-state index contributed by atoms with van der Waals surface area (Å²) >= 11 is 3.29. The molecule has 0 saturated heterocycles. The van der Waals surface area contributed by atoms with Crippen LogP contribution in [-0.2, 0) is 0 Å². The number of amides is 2. The second kappa shape index (κ2) is 7.45. The van der Waals surface area contributed by atoms with E-state index in [1.165, 1.54) is 56.3 Å². The second-order valence-corrected chi connectivity index (χ2v) is 8.36. The van der Waals surface area contributed by atoms with Crippen molar-refractivity contribution in [2.45, 2.75) is 73.4 Å². The molecule has 2 saturated carbocycles. The van der Waals surface area contributed by atoms with E-state index in [0.29, 0.717) is 16.4 Å². The first-order chi connectivity index (χ1) is 10.3. The highest BCUT2D eigenvalue weighted by Crippen LogP contribution is 2.36. The SMILES string of the molecule is O=C(Nc1nnc(SC2CCCC2)s1)NC1CCCCC1. The standard InChI is InChI=1S/C14H22N4OS2/c19-12(15-10-6-2-1-3-7-10)16-13-17-18-14(21-13)20-11-8-4-5-9-11/h10-11H,1-9H2,(H2,15,16,17,19). The lowest BCUT2D eigenvalue weighted by molar-refractivity contribution is 0.244. The maximum atomic E-state index is 11.9. The number of hydrogen-bond acceptors (Lipinski definition) is 5. The van der Waals surface area contributed by atoms with Gasteiger partial charge in [0.25, 0.3) is 0 Å². The molecule has 1 aromatic rings. The van der Waals surface area contributed by atoms with Gasteiger partial charge in [0.15, 0.2) is 4.34 Å². The van der Waals surface area contributed by atoms with Gasteiger partial charge in [-0.1, -0.05) is 55.2 Å². The van der Waals surface area contributed by atoms with Crippen LogP contribution >= 0.6 is 23.1 Å². The molecule has 5 nitrogen and oxygen atoms in total. The van der Waals surface area contributed by atoms with Gasteiger partial charge < -0.3 is 5.32 Å². The zero-order chi connectivity index (χ0) is 14.5. The Morgan fingerprint density at radius 1 is 1.05 bits per heavy atom. The Morgan fingerprint density at radius 2 is 1.76 bits per heavy atom. The molecule has 0 aliphatic heterocycles. The van der Waals surface area contributed by atoms with Crippen molar-refractivity contribution >= 4 is 34.3 Å². The molecule has 2 aliphatic rings. The predicted octanol–water partition coefficient (Wildman–Crippen LogP) is 4.03. The van der Waals surface area contributed by atoms with Gasteiger partial charge in [-0.2, -0.15) is 0 Å². The Kier molecular flexibility index (Phi) is 5.35. The molecule has 7 heteroatoms. The number of rotatable bonds is 4. The van der Waals surface area contributed by atoms with Crippen LogP contribution in [0.15, 0.2) is 4.34 Å². The number of aromatic nitrogens is 2. The van der Waals surface area contributed by atoms with Crippen molar-refractivity contribution in [3.05, 3.63) is 0 Å². The molecule has 0 aromatic carbocycles. The molecule has 0 spiro atoms. The molecular formula is C14H22N4OS2. The number of hydrogen-bond donors (Lipinski definition) is 2. The first-order valence-corrected chi connectivity index (χ1v) is 9.57. The van der Waals surface area contributed by atoms with Gasteiger partial charge in [-0.25, -0.2) is 4.79 Å². The van der Waals surface area contributed by atoms with Gasteiger partial charge in [-0.05, 0) is 25.7 Å². The van der Waals surface area contributed by atoms with Crippen LogP contribution in [0.5, 0.6) is 0 Å². The average molecular weight is 326 g/mol. The van der Waals surface area contributed by atoms with Crippen LogP contribution in [0.4, 0.5) is 9.93 Å². The lowest BCUT2D eigenvalue weighted by Crippen LogP contribution is -2.38. The summed E-state index contributed by atoms with van der Waals surface area (Å²) < 4.78 is 0.967. The first-order valence-electron chi connectivity index (χ1n) is 7.87. The Morgan fingerprint density at radius 3 is 2.52 bits per heavy atom. The maximum absolute atomic E-state index is 11.9. The van der Waals surface area contributed by atoms with Crippen molar-refractivity contribution in [2.24, 2.45) is 0 Å². The van der Waals surface area contributed by atoms with Crippen LogP contribution in [0.3, 0.4) is 0 Å². The molecule has 116 valence electrons. The highest BCUT2D eigenvalue weighted by Gasteiger charge is 2.19. The van der Waals surface area contributed by atoms with Gasteiger partial charge in [0.05, 0.1) is 0 Å². The van der Waals surface area contributed by atoms with Crippen molar-refractivity contribution in [3.8, 4) is 0 Å². The Balaban J connectivity index is 1.45. The maximum Gasteiger partial charge on any atom is 0.321 e. The first kappa shape index (κ1) is 15.1. The summed E-state index contributed by atoms with van der Waals surface area (Å²) in [5.74, 6) is 0. The Hall–Kier alpha value is -0.820. The predicted molar refractivity (Wildman–Crippen MR) is 87.0 cm³/mol. The molecule has 2 N–H and O–H groups in total. The van der Waals surface area contributed by atoms with Crippen LogP contribution in [0.25, 0.3) is 0 Å². The summed E-state index contributed by atoms with van der Waals surface area (Å²) in [7, 11) is 0. The van der Waals surface area contributed by atoms with Crippen molar-refractivity contribution in [2.75, 3.05) is 5.32 Å². The molecule has 2 amide bonds. The minimum Gasteiger partial charge on any atom is -0.335 e. The molecule has 1 aromatic heterocycles. The van der Waals surface area contributed by atoms with Crippen LogP contribution in [0, 0.1) is 0 Å². The molecule has 21 heavy (non-hydrogen) atoms. The van der Waals surface area contributed by atoms with Crippen molar-refractivity contribution in [3.63, 3.8) is 0 Å². The molecule has 2 aliphatic carbocycles. The van der Waals surface area contributed by atoms with E-state index in [0.717, 1.165) is 17.2 Å². The van der Waals surface area contributed by atoms with Crippen LogP contribution in [-0.4, -0.2) is 27.5 Å². The number of carbonyl (C=O) groups excluding carboxylic acids is 1. The van der Waals surface area contributed by atoms with E-state index < -0.39 is 0 Å². The summed E-state index contributed by atoms with van der Waals surface area (Å²) in [5, 5.41) is 15.4. The van der Waals surface area contributed by atoms with Gasteiger partial charge >= 0.3 is 6.03 Å². The minimum absolute atomic E-state index is 0.143. The smallest absolute Gasteiger partial charge is 0.321 e.